The molecule has 0 bridgehead atoms. The van der Waals surface area contributed by atoms with Gasteiger partial charge in [0.05, 0.1) is 0 Å². The molecule has 1 rings (SSSR count). The summed E-state index contributed by atoms with van der Waals surface area (Å²) >= 11 is 0. The Morgan fingerprint density at radius 2 is 2.41 bits per heavy atom. The average molecular weight is 258 g/mol. The van der Waals surface area contributed by atoms with Crippen LogP contribution in [-0.2, 0) is 22.1 Å². The van der Waals surface area contributed by atoms with Crippen LogP contribution in [0.3, 0.4) is 0 Å². The third-order valence-corrected chi connectivity index (χ3v) is 3.78. The summed E-state index contributed by atoms with van der Waals surface area (Å²) in [5.74, 6) is 0.273. The lowest BCUT2D eigenvalue weighted by atomic mass is 10.3. The van der Waals surface area contributed by atoms with Crippen molar-refractivity contribution >= 4 is 22.5 Å². The molecule has 0 radical (unpaired) electrons. The minimum absolute atomic E-state index is 0.0932. The Morgan fingerprint density at radius 3 is 2.94 bits per heavy atom. The predicted molar refractivity (Wildman–Crippen MR) is 67.8 cm³/mol. The van der Waals surface area contributed by atoms with Crippen molar-refractivity contribution in [2.75, 3.05) is 18.5 Å². The zero-order chi connectivity index (χ0) is 12.8. The van der Waals surface area contributed by atoms with Crippen molar-refractivity contribution in [3.05, 3.63) is 12.3 Å². The third kappa shape index (κ3) is 4.99. The number of hydrogen-bond donors (Lipinski definition) is 2. The van der Waals surface area contributed by atoms with E-state index in [-0.39, 0.29) is 17.7 Å². The van der Waals surface area contributed by atoms with Gasteiger partial charge in [-0.3, -0.25) is 13.7 Å². The minimum atomic E-state index is -0.845. The van der Waals surface area contributed by atoms with Crippen molar-refractivity contribution in [3.8, 4) is 0 Å². The Morgan fingerprint density at radius 1 is 1.71 bits per heavy atom. The summed E-state index contributed by atoms with van der Waals surface area (Å²) in [6.45, 7) is 2.58. The van der Waals surface area contributed by atoms with Gasteiger partial charge in [0.2, 0.25) is 5.91 Å². The number of carbonyl (C=O) groups excluding carboxylic acids is 1. The molecule has 2 atom stereocenters. The molecule has 0 saturated heterocycles. The Balaban J connectivity index is 2.24. The average Bonchev–Trinajstić information content (AvgIpc) is 2.63. The smallest absolute Gasteiger partial charge is 0.241 e. The molecule has 0 aliphatic carbocycles. The second-order valence-electron chi connectivity index (χ2n) is 3.89. The number of aromatic nitrogens is 2. The fraction of sp³-hybridized carbons (Fsp3) is 0.600. The normalized spacial score (nSPS) is 14.2. The lowest BCUT2D eigenvalue weighted by molar-refractivity contribution is -0.121. The van der Waals surface area contributed by atoms with Gasteiger partial charge < -0.3 is 11.1 Å². The number of carbonyl (C=O) groups is 1. The molecule has 1 amide bonds. The fourth-order valence-electron chi connectivity index (χ4n) is 1.25. The summed E-state index contributed by atoms with van der Waals surface area (Å²) in [6, 6.07) is 1.63. The maximum atomic E-state index is 11.5. The maximum absolute atomic E-state index is 11.5. The molecule has 1 aromatic heterocycles. The number of nitrogen functional groups attached to an aromatic ring is 1. The van der Waals surface area contributed by atoms with E-state index in [1.54, 1.807) is 18.5 Å². The molecule has 0 aromatic carbocycles. The molecular formula is C10H18N4O2S. The molecule has 0 aliphatic heterocycles. The first-order chi connectivity index (χ1) is 7.99. The zero-order valence-electron chi connectivity index (χ0n) is 10.0. The molecule has 1 aromatic rings. The highest BCUT2D eigenvalue weighted by Crippen LogP contribution is 1.98. The highest BCUT2D eigenvalue weighted by atomic mass is 32.2. The van der Waals surface area contributed by atoms with Crippen molar-refractivity contribution in [2.45, 2.75) is 25.1 Å². The van der Waals surface area contributed by atoms with Crippen molar-refractivity contribution in [3.63, 3.8) is 0 Å². The first-order valence-electron chi connectivity index (χ1n) is 5.37. The Labute approximate surface area is 103 Å². The first kappa shape index (κ1) is 13.7. The molecule has 1 heterocycles. The van der Waals surface area contributed by atoms with Crippen molar-refractivity contribution < 1.29 is 9.00 Å². The summed E-state index contributed by atoms with van der Waals surface area (Å²) in [5.41, 5.74) is 5.43. The third-order valence-electron chi connectivity index (χ3n) is 2.41. The molecule has 0 saturated carbocycles. The van der Waals surface area contributed by atoms with Crippen LogP contribution >= 0.6 is 0 Å². The van der Waals surface area contributed by atoms with E-state index >= 15 is 0 Å². The standard InChI is InChI=1S/C10H18N4O2S/c1-8(17(2)16)3-5-12-10(15)7-14-6-4-9(11)13-14/h4,6,8H,3,5,7H2,1-2H3,(H2,11,13)(H,12,15). The van der Waals surface area contributed by atoms with Crippen LogP contribution in [0, 0.1) is 0 Å². The van der Waals surface area contributed by atoms with E-state index in [4.69, 9.17) is 5.73 Å². The monoisotopic (exact) mass is 258 g/mol. The van der Waals surface area contributed by atoms with Crippen LogP contribution in [0.5, 0.6) is 0 Å². The topological polar surface area (TPSA) is 90.0 Å². The van der Waals surface area contributed by atoms with Crippen molar-refractivity contribution in [1.29, 1.82) is 0 Å². The number of nitrogens with two attached hydrogens (primary N) is 1. The van der Waals surface area contributed by atoms with Crippen molar-refractivity contribution in [2.24, 2.45) is 0 Å². The van der Waals surface area contributed by atoms with E-state index in [0.29, 0.717) is 18.8 Å². The number of nitrogens with one attached hydrogen (secondary N) is 1. The highest BCUT2D eigenvalue weighted by molar-refractivity contribution is 7.84. The molecule has 3 N–H and O–H groups in total. The highest BCUT2D eigenvalue weighted by Gasteiger charge is 2.07. The lowest BCUT2D eigenvalue weighted by Gasteiger charge is -2.09. The molecule has 2 unspecified atom stereocenters. The predicted octanol–water partition coefficient (Wildman–Crippen LogP) is -0.261. The van der Waals surface area contributed by atoms with Gasteiger partial charge in [0.25, 0.3) is 0 Å². The Hall–Kier alpha value is -1.37. The van der Waals surface area contributed by atoms with Crippen LogP contribution < -0.4 is 11.1 Å². The van der Waals surface area contributed by atoms with E-state index in [2.05, 4.69) is 10.4 Å². The van der Waals surface area contributed by atoms with E-state index in [9.17, 15) is 9.00 Å². The summed E-state index contributed by atoms with van der Waals surface area (Å²) < 4.78 is 12.6. The van der Waals surface area contributed by atoms with Gasteiger partial charge in [0.15, 0.2) is 0 Å². The molecule has 96 valence electrons. The largest absolute Gasteiger partial charge is 0.382 e. The van der Waals surface area contributed by atoms with Gasteiger partial charge in [-0.25, -0.2) is 0 Å². The minimum Gasteiger partial charge on any atom is -0.382 e. The number of anilines is 1. The number of hydrogen-bond acceptors (Lipinski definition) is 4. The second-order valence-corrected chi connectivity index (χ2v) is 5.69. The molecule has 0 fully saturated rings. The number of amides is 1. The zero-order valence-corrected chi connectivity index (χ0v) is 10.9. The second kappa shape index (κ2) is 6.39. The van der Waals surface area contributed by atoms with Gasteiger partial charge >= 0.3 is 0 Å². The number of nitrogens with zero attached hydrogens (tertiary/aromatic N) is 2. The van der Waals surface area contributed by atoms with Gasteiger partial charge in [-0.1, -0.05) is 6.92 Å². The van der Waals surface area contributed by atoms with Gasteiger partial charge in [0.1, 0.15) is 12.4 Å². The van der Waals surface area contributed by atoms with Crippen LogP contribution in [0.4, 0.5) is 5.82 Å². The van der Waals surface area contributed by atoms with Gasteiger partial charge in [-0.05, 0) is 12.5 Å². The SMILES string of the molecule is CC(CCNC(=O)Cn1ccc(N)n1)S(C)=O. The van der Waals surface area contributed by atoms with E-state index in [1.165, 1.54) is 4.68 Å². The van der Waals surface area contributed by atoms with Crippen LogP contribution in [0.25, 0.3) is 0 Å². The molecule has 7 heteroatoms. The molecule has 0 spiro atoms. The van der Waals surface area contributed by atoms with Crippen LogP contribution in [0.15, 0.2) is 12.3 Å². The maximum Gasteiger partial charge on any atom is 0.241 e. The molecule has 17 heavy (non-hydrogen) atoms. The summed E-state index contributed by atoms with van der Waals surface area (Å²) in [6.07, 6.45) is 4.02. The quantitative estimate of drug-likeness (QED) is 0.735. The molecule has 6 nitrogen and oxygen atoms in total. The van der Waals surface area contributed by atoms with Gasteiger partial charge in [-0.15, -0.1) is 0 Å². The fourth-order valence-corrected chi connectivity index (χ4v) is 1.70. The molecular weight excluding hydrogens is 240 g/mol. The summed E-state index contributed by atoms with van der Waals surface area (Å²) in [4.78, 5) is 11.5. The summed E-state index contributed by atoms with van der Waals surface area (Å²) in [5, 5.41) is 6.75. The first-order valence-corrected chi connectivity index (χ1v) is 6.99. The number of rotatable bonds is 6. The van der Waals surface area contributed by atoms with Gasteiger partial charge in [-0.2, -0.15) is 5.10 Å². The van der Waals surface area contributed by atoms with Gasteiger partial charge in [0, 0.05) is 35.0 Å². The lowest BCUT2D eigenvalue weighted by Crippen LogP contribution is -2.30. The van der Waals surface area contributed by atoms with Crippen molar-refractivity contribution in [1.82, 2.24) is 15.1 Å². The molecule has 0 aliphatic rings. The Bertz CT molecular complexity index is 405. The van der Waals surface area contributed by atoms with Crippen LogP contribution in [0.2, 0.25) is 0 Å². The Kier molecular flexibility index (Phi) is 5.14. The van der Waals surface area contributed by atoms with E-state index < -0.39 is 10.8 Å². The van der Waals surface area contributed by atoms with Crippen LogP contribution in [0.1, 0.15) is 13.3 Å². The summed E-state index contributed by atoms with van der Waals surface area (Å²) in [7, 11) is -0.845. The van der Waals surface area contributed by atoms with Crippen LogP contribution in [-0.4, -0.2) is 37.9 Å². The van der Waals surface area contributed by atoms with E-state index in [0.717, 1.165) is 0 Å². The van der Waals surface area contributed by atoms with E-state index in [1.807, 2.05) is 6.92 Å².